The number of hydrogen-bond acceptors (Lipinski definition) is 3. The van der Waals surface area contributed by atoms with Gasteiger partial charge in [0.2, 0.25) is 0 Å². The summed E-state index contributed by atoms with van der Waals surface area (Å²) in [7, 11) is 3.36. The van der Waals surface area contributed by atoms with Gasteiger partial charge in [-0.2, -0.15) is 0 Å². The Bertz CT molecular complexity index is 655. The van der Waals surface area contributed by atoms with Crippen molar-refractivity contribution in [3.63, 3.8) is 0 Å². The lowest BCUT2D eigenvalue weighted by Crippen LogP contribution is -2.20. The molecule has 0 heterocycles. The number of rotatable bonds is 5. The van der Waals surface area contributed by atoms with Crippen LogP contribution in [0.2, 0.25) is 0 Å². The summed E-state index contributed by atoms with van der Waals surface area (Å²) in [6.45, 7) is 1.87. The van der Waals surface area contributed by atoms with Gasteiger partial charge >= 0.3 is 0 Å². The molecule has 0 N–H and O–H groups in total. The molecule has 0 atom stereocenters. The molecular weight excluding hydrogens is 269 g/mol. The van der Waals surface area contributed by atoms with Gasteiger partial charge < -0.3 is 9.64 Å². The van der Waals surface area contributed by atoms with Gasteiger partial charge in [0, 0.05) is 19.2 Å². The Labute approximate surface area is 124 Å². The fraction of sp³-hybridized carbons (Fsp3) is 0.235. The molecule has 2 aromatic rings. The van der Waals surface area contributed by atoms with E-state index in [9.17, 15) is 9.18 Å². The van der Waals surface area contributed by atoms with Crippen molar-refractivity contribution in [2.75, 3.05) is 19.1 Å². The van der Waals surface area contributed by atoms with Gasteiger partial charge in [-0.25, -0.2) is 4.39 Å². The van der Waals surface area contributed by atoms with Crippen molar-refractivity contribution in [1.82, 2.24) is 0 Å². The second-order valence-electron chi connectivity index (χ2n) is 4.86. The van der Waals surface area contributed by atoms with Crippen LogP contribution in [0.1, 0.15) is 22.8 Å². The molecule has 0 aliphatic carbocycles. The maximum absolute atomic E-state index is 13.8. The first-order valence-corrected chi connectivity index (χ1v) is 6.67. The molecular formula is C17H18FNO2. The van der Waals surface area contributed by atoms with Gasteiger partial charge in [0.1, 0.15) is 11.6 Å². The summed E-state index contributed by atoms with van der Waals surface area (Å²) in [5.74, 6) is 0.194. The van der Waals surface area contributed by atoms with E-state index in [2.05, 4.69) is 0 Å². The third-order valence-corrected chi connectivity index (χ3v) is 3.35. The van der Waals surface area contributed by atoms with Crippen molar-refractivity contribution < 1.29 is 13.9 Å². The number of carbonyl (C=O) groups excluding carboxylic acids is 1. The van der Waals surface area contributed by atoms with Gasteiger partial charge in [0.05, 0.1) is 18.4 Å². The van der Waals surface area contributed by atoms with Gasteiger partial charge in [-0.05, 0) is 25.1 Å². The van der Waals surface area contributed by atoms with Crippen molar-refractivity contribution in [1.29, 1.82) is 0 Å². The molecule has 0 saturated heterocycles. The Morgan fingerprint density at radius 2 is 1.90 bits per heavy atom. The normalized spacial score (nSPS) is 10.3. The van der Waals surface area contributed by atoms with Crippen LogP contribution in [0, 0.1) is 5.82 Å². The number of hydrogen-bond donors (Lipinski definition) is 0. The van der Waals surface area contributed by atoms with Crippen molar-refractivity contribution >= 4 is 11.5 Å². The Kier molecular flexibility index (Phi) is 4.58. The average Bonchev–Trinajstić information content (AvgIpc) is 2.48. The zero-order valence-electron chi connectivity index (χ0n) is 12.4. The predicted octanol–water partition coefficient (Wildman–Crippen LogP) is 3.67. The first-order chi connectivity index (χ1) is 10.0. The Hall–Kier alpha value is -2.36. The summed E-state index contributed by atoms with van der Waals surface area (Å²) < 4.78 is 19.0. The highest BCUT2D eigenvalue weighted by atomic mass is 19.1. The highest BCUT2D eigenvalue weighted by molar-refractivity contribution is 6.02. The number of nitrogens with zero attached hydrogens (tertiary/aromatic N) is 1. The van der Waals surface area contributed by atoms with E-state index in [0.29, 0.717) is 23.4 Å². The summed E-state index contributed by atoms with van der Waals surface area (Å²) in [5.41, 5.74) is 1.82. The van der Waals surface area contributed by atoms with Crippen LogP contribution in [0.4, 0.5) is 10.1 Å². The summed E-state index contributed by atoms with van der Waals surface area (Å²) in [4.78, 5) is 13.7. The molecule has 2 rings (SSSR count). The number of carbonyl (C=O) groups is 1. The van der Waals surface area contributed by atoms with Crippen LogP contribution < -0.4 is 9.64 Å². The molecule has 110 valence electrons. The number of benzene rings is 2. The highest BCUT2D eigenvalue weighted by Gasteiger charge is 2.17. The van der Waals surface area contributed by atoms with Crippen LogP contribution in [0.25, 0.3) is 0 Å². The van der Waals surface area contributed by atoms with Crippen molar-refractivity contribution in [3.8, 4) is 5.75 Å². The summed E-state index contributed by atoms with van der Waals surface area (Å²) >= 11 is 0. The van der Waals surface area contributed by atoms with Crippen molar-refractivity contribution in [2.24, 2.45) is 0 Å². The average molecular weight is 287 g/mol. The lowest BCUT2D eigenvalue weighted by Gasteiger charge is -2.23. The van der Waals surface area contributed by atoms with Gasteiger partial charge in [0.15, 0.2) is 5.78 Å². The molecule has 3 nitrogen and oxygen atoms in total. The van der Waals surface area contributed by atoms with Crippen LogP contribution >= 0.6 is 0 Å². The first kappa shape index (κ1) is 15.0. The van der Waals surface area contributed by atoms with E-state index in [1.807, 2.05) is 24.1 Å². The van der Waals surface area contributed by atoms with Gasteiger partial charge in [-0.1, -0.05) is 24.3 Å². The Morgan fingerprint density at radius 1 is 1.19 bits per heavy atom. The van der Waals surface area contributed by atoms with Gasteiger partial charge in [-0.3, -0.25) is 4.79 Å². The number of ketones is 1. The number of halogens is 1. The number of methoxy groups -OCH3 is 1. The maximum atomic E-state index is 13.8. The molecule has 0 radical (unpaired) electrons. The molecule has 21 heavy (non-hydrogen) atoms. The zero-order valence-corrected chi connectivity index (χ0v) is 12.4. The molecule has 0 spiro atoms. The largest absolute Gasteiger partial charge is 0.496 e. The lowest BCUT2D eigenvalue weighted by molar-refractivity contribution is 0.101. The molecule has 0 aromatic heterocycles. The number of Topliss-reactive ketones (excluding diaryl/α,β-unsaturated/α-hetero) is 1. The van der Waals surface area contributed by atoms with E-state index in [1.165, 1.54) is 20.1 Å². The van der Waals surface area contributed by atoms with E-state index < -0.39 is 0 Å². The fourth-order valence-corrected chi connectivity index (χ4v) is 2.33. The standard InChI is InChI=1S/C17H18FNO2/c1-12(20)17-15(9-6-10-16(17)21-3)19(2)11-13-7-4-5-8-14(13)18/h4-10H,11H2,1-3H3. The first-order valence-electron chi connectivity index (χ1n) is 6.67. The second kappa shape index (κ2) is 6.39. The minimum atomic E-state index is -0.253. The van der Waals surface area contributed by atoms with Crippen LogP contribution in [-0.4, -0.2) is 19.9 Å². The molecule has 4 heteroatoms. The van der Waals surface area contributed by atoms with Crippen LogP contribution in [-0.2, 0) is 6.54 Å². The smallest absolute Gasteiger partial charge is 0.165 e. The third kappa shape index (κ3) is 3.21. The Balaban J connectivity index is 2.37. The molecule has 0 amide bonds. The zero-order chi connectivity index (χ0) is 15.4. The van der Waals surface area contributed by atoms with E-state index in [1.54, 1.807) is 24.3 Å². The van der Waals surface area contributed by atoms with Crippen LogP contribution in [0.5, 0.6) is 5.75 Å². The summed E-state index contributed by atoms with van der Waals surface area (Å²) in [6, 6.07) is 12.0. The number of ether oxygens (including phenoxy) is 1. The minimum Gasteiger partial charge on any atom is -0.496 e. The SMILES string of the molecule is COc1cccc(N(C)Cc2ccccc2F)c1C(C)=O. The maximum Gasteiger partial charge on any atom is 0.165 e. The van der Waals surface area contributed by atoms with Crippen molar-refractivity contribution in [3.05, 3.63) is 59.4 Å². The van der Waals surface area contributed by atoms with E-state index in [0.717, 1.165) is 5.69 Å². The Morgan fingerprint density at radius 3 is 2.52 bits per heavy atom. The number of anilines is 1. The molecule has 0 fully saturated rings. The van der Waals surface area contributed by atoms with E-state index >= 15 is 0 Å². The predicted molar refractivity (Wildman–Crippen MR) is 81.5 cm³/mol. The van der Waals surface area contributed by atoms with Crippen LogP contribution in [0.3, 0.4) is 0 Å². The monoisotopic (exact) mass is 287 g/mol. The topological polar surface area (TPSA) is 29.5 Å². The summed E-state index contributed by atoms with van der Waals surface area (Å²) in [6.07, 6.45) is 0. The second-order valence-corrected chi connectivity index (χ2v) is 4.86. The molecule has 2 aromatic carbocycles. The van der Waals surface area contributed by atoms with E-state index in [-0.39, 0.29) is 11.6 Å². The van der Waals surface area contributed by atoms with Gasteiger partial charge in [0.25, 0.3) is 0 Å². The summed E-state index contributed by atoms with van der Waals surface area (Å²) in [5, 5.41) is 0. The quantitative estimate of drug-likeness (QED) is 0.786. The molecule has 0 aliphatic rings. The minimum absolute atomic E-state index is 0.0807. The lowest BCUT2D eigenvalue weighted by atomic mass is 10.1. The molecule has 0 bridgehead atoms. The third-order valence-electron chi connectivity index (χ3n) is 3.35. The molecule has 0 unspecified atom stereocenters. The highest BCUT2D eigenvalue weighted by Crippen LogP contribution is 2.30. The molecule has 0 saturated carbocycles. The molecule has 0 aliphatic heterocycles. The van der Waals surface area contributed by atoms with Gasteiger partial charge in [-0.15, -0.1) is 0 Å². The van der Waals surface area contributed by atoms with Crippen LogP contribution in [0.15, 0.2) is 42.5 Å². The van der Waals surface area contributed by atoms with E-state index in [4.69, 9.17) is 4.74 Å². The van der Waals surface area contributed by atoms with Crippen molar-refractivity contribution in [2.45, 2.75) is 13.5 Å². The fourth-order valence-electron chi connectivity index (χ4n) is 2.33.